The van der Waals surface area contributed by atoms with E-state index in [0.29, 0.717) is 5.46 Å². The molecule has 0 aliphatic carbocycles. The van der Waals surface area contributed by atoms with Gasteiger partial charge in [0, 0.05) is 20.7 Å². The summed E-state index contributed by atoms with van der Waals surface area (Å²) in [4.78, 5) is 0.815. The molecule has 1 aromatic rings. The normalized spacial score (nSPS) is 25.5. The maximum Gasteiger partial charge on any atom is 0.498 e. The average Bonchev–Trinajstić information content (AvgIpc) is 2.45. The van der Waals surface area contributed by atoms with Gasteiger partial charge in [0.25, 0.3) is 0 Å². The van der Waals surface area contributed by atoms with Gasteiger partial charge in [-0.3, -0.25) is 0 Å². The van der Waals surface area contributed by atoms with Crippen LogP contribution in [0.4, 0.5) is 4.39 Å². The predicted octanol–water partition coefficient (Wildman–Crippen LogP) is -1.36. The van der Waals surface area contributed by atoms with E-state index >= 15 is 0 Å². The number of nitrogens with one attached hydrogen (secondary N) is 1. The second-order valence-electron chi connectivity index (χ2n) is 3.98. The van der Waals surface area contributed by atoms with E-state index < -0.39 is 6.69 Å². The van der Waals surface area contributed by atoms with Gasteiger partial charge in [0.1, 0.15) is 5.82 Å². The number of quaternary nitrogens is 1. The number of hydrogen-bond acceptors (Lipinski definition) is 2. The van der Waals surface area contributed by atoms with Crippen LogP contribution in [0.1, 0.15) is 5.56 Å². The minimum Gasteiger partial charge on any atom is -0.524 e. The maximum absolute atomic E-state index is 12.9. The van der Waals surface area contributed by atoms with Gasteiger partial charge in [0.2, 0.25) is 0 Å². The van der Waals surface area contributed by atoms with Crippen LogP contribution in [0.2, 0.25) is 0 Å². The Morgan fingerprint density at radius 2 is 2.21 bits per heavy atom. The van der Waals surface area contributed by atoms with Crippen molar-refractivity contribution in [2.24, 2.45) is 0 Å². The molecule has 2 rings (SSSR count). The predicted molar refractivity (Wildman–Crippen MR) is 51.6 cm³/mol. The molecule has 1 atom stereocenters. The Balaban J connectivity index is 2.49. The highest BCUT2D eigenvalue weighted by Crippen LogP contribution is 2.14. The zero-order valence-corrected chi connectivity index (χ0v) is 8.25. The fourth-order valence-electron chi connectivity index (χ4n) is 1.86. The molecule has 76 valence electrons. The van der Waals surface area contributed by atoms with E-state index in [1.165, 1.54) is 12.1 Å². The Morgan fingerprint density at radius 1 is 1.50 bits per heavy atom. The summed E-state index contributed by atoms with van der Waals surface area (Å²) in [7, 11) is 3.64. The number of rotatable bonds is 1. The van der Waals surface area contributed by atoms with E-state index in [4.69, 9.17) is 4.65 Å². The third-order valence-electron chi connectivity index (χ3n) is 2.79. The molecule has 0 amide bonds. The molecule has 1 aromatic carbocycles. The van der Waals surface area contributed by atoms with Crippen molar-refractivity contribution in [1.29, 1.82) is 0 Å². The van der Waals surface area contributed by atoms with Gasteiger partial charge in [0.15, 0.2) is 0 Å². The summed E-state index contributed by atoms with van der Waals surface area (Å²) in [6.45, 7) is -1.73. The summed E-state index contributed by atoms with van der Waals surface area (Å²) >= 11 is 0. The zero-order chi connectivity index (χ0) is 10.3. The van der Waals surface area contributed by atoms with E-state index in [1.54, 1.807) is 6.07 Å². The number of fused-ring (bicyclic) bond motifs is 1. The van der Waals surface area contributed by atoms with E-state index in [9.17, 15) is 9.41 Å². The van der Waals surface area contributed by atoms with E-state index in [0.717, 1.165) is 10.4 Å². The summed E-state index contributed by atoms with van der Waals surface area (Å²) in [6, 6.07) is 4.37. The minimum atomic E-state index is -2.02. The monoisotopic (exact) mass is 197 g/mol. The molecule has 0 bridgehead atoms. The van der Waals surface area contributed by atoms with Crippen molar-refractivity contribution in [1.82, 2.24) is 0 Å². The molecule has 0 saturated heterocycles. The highest BCUT2D eigenvalue weighted by atomic mass is 19.1. The SMILES string of the molecule is C[NH+](C)[B-]1(O)OCc2cc(F)ccc21. The van der Waals surface area contributed by atoms with Crippen LogP contribution in [-0.4, -0.2) is 25.8 Å². The second-order valence-corrected chi connectivity index (χ2v) is 3.98. The summed E-state index contributed by atoms with van der Waals surface area (Å²) < 4.78 is 18.2. The van der Waals surface area contributed by atoms with E-state index in [1.807, 2.05) is 14.1 Å². The largest absolute Gasteiger partial charge is 0.524 e. The van der Waals surface area contributed by atoms with Crippen molar-refractivity contribution in [3.05, 3.63) is 29.6 Å². The molecule has 5 heteroatoms. The Labute approximate surface area is 82.1 Å². The molecule has 1 aliphatic rings. The first-order chi connectivity index (χ1) is 6.54. The van der Waals surface area contributed by atoms with Gasteiger partial charge >= 0.3 is 6.69 Å². The van der Waals surface area contributed by atoms with Crippen LogP contribution in [0.15, 0.2) is 18.2 Å². The van der Waals surface area contributed by atoms with Gasteiger partial charge in [-0.15, -0.1) is 0 Å². The molecule has 0 saturated carbocycles. The highest BCUT2D eigenvalue weighted by molar-refractivity contribution is 6.73. The van der Waals surface area contributed by atoms with E-state index in [-0.39, 0.29) is 12.4 Å². The molecule has 0 fully saturated rings. The van der Waals surface area contributed by atoms with Crippen LogP contribution in [0.5, 0.6) is 0 Å². The number of halogens is 1. The molecule has 0 spiro atoms. The summed E-state index contributed by atoms with van der Waals surface area (Å²) in [6.07, 6.45) is 0. The molecule has 2 N–H and O–H groups in total. The molecule has 0 radical (unpaired) electrons. The van der Waals surface area contributed by atoms with Crippen molar-refractivity contribution in [3.8, 4) is 0 Å². The minimum absolute atomic E-state index is 0.286. The lowest BCUT2D eigenvalue weighted by Gasteiger charge is -2.32. The summed E-state index contributed by atoms with van der Waals surface area (Å²) in [5.74, 6) is -0.291. The maximum atomic E-state index is 12.9. The van der Waals surface area contributed by atoms with Crippen molar-refractivity contribution in [2.75, 3.05) is 14.1 Å². The van der Waals surface area contributed by atoms with Crippen LogP contribution in [0.3, 0.4) is 0 Å². The Bertz CT molecular complexity index is 372. The summed E-state index contributed by atoms with van der Waals surface area (Å²) in [5.41, 5.74) is 1.46. The van der Waals surface area contributed by atoms with Crippen LogP contribution in [0.25, 0.3) is 0 Å². The van der Waals surface area contributed by atoms with Crippen molar-refractivity contribution >= 4 is 12.1 Å². The van der Waals surface area contributed by atoms with Gasteiger partial charge in [-0.25, -0.2) is 4.39 Å². The zero-order valence-electron chi connectivity index (χ0n) is 8.25. The third kappa shape index (κ3) is 1.25. The third-order valence-corrected chi connectivity index (χ3v) is 2.79. The molecule has 1 unspecified atom stereocenters. The van der Waals surface area contributed by atoms with Crippen molar-refractivity contribution in [3.63, 3.8) is 0 Å². The van der Waals surface area contributed by atoms with Gasteiger partial charge < -0.3 is 14.5 Å². The van der Waals surface area contributed by atoms with Gasteiger partial charge in [0.05, 0.1) is 0 Å². The average molecular weight is 197 g/mol. The van der Waals surface area contributed by atoms with E-state index in [2.05, 4.69) is 0 Å². The first-order valence-corrected chi connectivity index (χ1v) is 4.64. The lowest BCUT2D eigenvalue weighted by molar-refractivity contribution is -0.766. The van der Waals surface area contributed by atoms with Crippen LogP contribution in [-0.2, 0) is 11.3 Å². The van der Waals surface area contributed by atoms with Gasteiger partial charge in [-0.05, 0) is 17.7 Å². The smallest absolute Gasteiger partial charge is 0.498 e. The molecule has 0 aromatic heterocycles. The highest BCUT2D eigenvalue weighted by Gasteiger charge is 2.42. The first kappa shape index (κ1) is 9.64. The standard InChI is InChI=1S/C9H13BFNO2/c1-12(2)10(13)9-4-3-8(11)5-7(9)6-14-10/h3-5,12-13H,6H2,1-2H3. The fraction of sp³-hybridized carbons (Fsp3) is 0.333. The van der Waals surface area contributed by atoms with Crippen molar-refractivity contribution in [2.45, 2.75) is 6.61 Å². The molecule has 1 aliphatic heterocycles. The fourth-order valence-corrected chi connectivity index (χ4v) is 1.86. The lowest BCUT2D eigenvalue weighted by atomic mass is 9.63. The Kier molecular flexibility index (Phi) is 2.10. The molecular formula is C9H13BFNO2. The van der Waals surface area contributed by atoms with Crippen LogP contribution in [0, 0.1) is 5.82 Å². The topological polar surface area (TPSA) is 33.9 Å². The van der Waals surface area contributed by atoms with Crippen LogP contribution < -0.4 is 10.3 Å². The number of benzene rings is 1. The van der Waals surface area contributed by atoms with Gasteiger partial charge in [-0.1, -0.05) is 11.5 Å². The summed E-state index contributed by atoms with van der Waals surface area (Å²) in [5, 5.41) is 10.2. The number of hydrogen-bond donors (Lipinski definition) is 2. The van der Waals surface area contributed by atoms with Gasteiger partial charge in [-0.2, -0.15) is 0 Å². The Hall–Kier alpha value is -0.905. The van der Waals surface area contributed by atoms with Crippen LogP contribution >= 0.6 is 0 Å². The second kappa shape index (κ2) is 3.05. The molecular weight excluding hydrogens is 184 g/mol. The first-order valence-electron chi connectivity index (χ1n) is 4.64. The molecule has 3 nitrogen and oxygen atoms in total. The van der Waals surface area contributed by atoms with Crippen molar-refractivity contribution < 1.29 is 18.9 Å². The Morgan fingerprint density at radius 3 is 2.86 bits per heavy atom. The molecule has 1 heterocycles. The lowest BCUT2D eigenvalue weighted by Crippen LogP contribution is -3.20. The quantitative estimate of drug-likeness (QED) is 0.545. The molecule has 14 heavy (non-hydrogen) atoms.